The van der Waals surface area contributed by atoms with Crippen LogP contribution in [0, 0.1) is 6.92 Å². The molecule has 0 saturated carbocycles. The van der Waals surface area contributed by atoms with Gasteiger partial charge in [0.05, 0.1) is 48.7 Å². The minimum atomic E-state index is -3.49. The summed E-state index contributed by atoms with van der Waals surface area (Å²) >= 11 is 6.04. The van der Waals surface area contributed by atoms with Crippen molar-refractivity contribution in [1.82, 2.24) is 14.5 Å². The molecule has 0 spiro atoms. The van der Waals surface area contributed by atoms with Gasteiger partial charge >= 0.3 is 0 Å². The highest BCUT2D eigenvalue weighted by Gasteiger charge is 2.26. The third-order valence-corrected chi connectivity index (χ3v) is 5.60. The third kappa shape index (κ3) is 5.00. The fourth-order valence-electron chi connectivity index (χ4n) is 3.29. The number of carbonyl (C=O) groups is 1. The number of nitrogens with one attached hydrogen (secondary N) is 2. The quantitative estimate of drug-likeness (QED) is 0.563. The van der Waals surface area contributed by atoms with Gasteiger partial charge in [0, 0.05) is 22.6 Å². The number of benzene rings is 1. The van der Waals surface area contributed by atoms with Crippen LogP contribution in [0.3, 0.4) is 0 Å². The van der Waals surface area contributed by atoms with Crippen LogP contribution < -0.4 is 14.9 Å². The molecule has 168 valence electrons. The molecule has 1 aromatic carbocycles. The van der Waals surface area contributed by atoms with Crippen LogP contribution in [-0.4, -0.2) is 54.4 Å². The standard InChI is InChI=1S/C20H20ClFN6O3S/c1-12-3-13(9-28(12)20-23-7-18(8-24-20)27-10-15(22)11-27)19(29)25-16-4-14(21)5-17(6-16)26-32(2,30)31/h3-9,15,26H,10-11H2,1-2H3,(H,25,29). The van der Waals surface area contributed by atoms with Crippen molar-refractivity contribution in [3.8, 4) is 5.95 Å². The van der Waals surface area contributed by atoms with Crippen LogP contribution in [0.2, 0.25) is 5.02 Å². The van der Waals surface area contributed by atoms with Crippen molar-refractivity contribution >= 4 is 44.6 Å². The van der Waals surface area contributed by atoms with E-state index in [0.717, 1.165) is 17.6 Å². The number of aryl methyl sites for hydroxylation is 1. The highest BCUT2D eigenvalue weighted by atomic mass is 35.5. The monoisotopic (exact) mass is 478 g/mol. The van der Waals surface area contributed by atoms with Crippen molar-refractivity contribution in [3.63, 3.8) is 0 Å². The first kappa shape index (κ1) is 22.0. The molecule has 0 radical (unpaired) electrons. The molecular weight excluding hydrogens is 459 g/mol. The van der Waals surface area contributed by atoms with Gasteiger partial charge in [-0.25, -0.2) is 22.8 Å². The molecule has 1 fully saturated rings. The Hall–Kier alpha value is -3.18. The van der Waals surface area contributed by atoms with Crippen molar-refractivity contribution < 1.29 is 17.6 Å². The largest absolute Gasteiger partial charge is 0.363 e. The van der Waals surface area contributed by atoms with Gasteiger partial charge in [-0.1, -0.05) is 11.6 Å². The van der Waals surface area contributed by atoms with Gasteiger partial charge in [0.25, 0.3) is 5.91 Å². The van der Waals surface area contributed by atoms with Crippen molar-refractivity contribution in [2.24, 2.45) is 0 Å². The Morgan fingerprint density at radius 1 is 1.16 bits per heavy atom. The summed E-state index contributed by atoms with van der Waals surface area (Å²) in [7, 11) is -3.49. The maximum atomic E-state index is 13.0. The van der Waals surface area contributed by atoms with Crippen LogP contribution in [-0.2, 0) is 10.0 Å². The van der Waals surface area contributed by atoms with Crippen LogP contribution in [0.5, 0.6) is 0 Å². The Morgan fingerprint density at radius 2 is 1.81 bits per heavy atom. The number of amides is 1. The molecule has 2 aromatic heterocycles. The Balaban J connectivity index is 1.51. The first-order chi connectivity index (χ1) is 15.1. The number of hydrogen-bond acceptors (Lipinski definition) is 6. The Kier molecular flexibility index (Phi) is 5.78. The summed E-state index contributed by atoms with van der Waals surface area (Å²) in [6.07, 6.45) is 5.04. The lowest BCUT2D eigenvalue weighted by Gasteiger charge is -2.35. The van der Waals surface area contributed by atoms with E-state index in [1.165, 1.54) is 18.2 Å². The molecule has 0 unspecified atom stereocenters. The fourth-order valence-corrected chi connectivity index (χ4v) is 4.07. The number of hydrogen-bond donors (Lipinski definition) is 2. The zero-order valence-corrected chi connectivity index (χ0v) is 18.8. The van der Waals surface area contributed by atoms with Gasteiger partial charge in [0.15, 0.2) is 0 Å². The highest BCUT2D eigenvalue weighted by Crippen LogP contribution is 2.25. The lowest BCUT2D eigenvalue weighted by molar-refractivity contribution is 0.102. The van der Waals surface area contributed by atoms with E-state index >= 15 is 0 Å². The van der Waals surface area contributed by atoms with E-state index in [9.17, 15) is 17.6 Å². The number of rotatable bonds is 6. The first-order valence-corrected chi connectivity index (χ1v) is 11.8. The van der Waals surface area contributed by atoms with Crippen LogP contribution in [0.4, 0.5) is 21.5 Å². The fraction of sp³-hybridized carbons (Fsp3) is 0.250. The minimum absolute atomic E-state index is 0.235. The summed E-state index contributed by atoms with van der Waals surface area (Å²) in [5, 5.41) is 2.97. The summed E-state index contributed by atoms with van der Waals surface area (Å²) in [5.74, 6) is -0.0318. The molecule has 9 nitrogen and oxygen atoms in total. The summed E-state index contributed by atoms with van der Waals surface area (Å²) in [4.78, 5) is 23.2. The molecule has 1 aliphatic rings. The summed E-state index contributed by atoms with van der Waals surface area (Å²) in [6.45, 7) is 2.48. The van der Waals surface area contributed by atoms with Crippen LogP contribution in [0.25, 0.3) is 5.95 Å². The van der Waals surface area contributed by atoms with Crippen molar-refractivity contribution in [1.29, 1.82) is 0 Å². The smallest absolute Gasteiger partial charge is 0.257 e. The second-order valence-electron chi connectivity index (χ2n) is 7.54. The number of alkyl halides is 1. The van der Waals surface area contributed by atoms with Crippen molar-refractivity contribution in [2.45, 2.75) is 13.1 Å². The lowest BCUT2D eigenvalue weighted by atomic mass is 10.2. The van der Waals surface area contributed by atoms with Crippen molar-refractivity contribution in [2.75, 3.05) is 34.3 Å². The number of anilines is 3. The second-order valence-corrected chi connectivity index (χ2v) is 9.73. The topological polar surface area (TPSA) is 109 Å². The molecule has 0 bridgehead atoms. The molecule has 32 heavy (non-hydrogen) atoms. The zero-order valence-electron chi connectivity index (χ0n) is 17.2. The van der Waals surface area contributed by atoms with E-state index < -0.39 is 22.1 Å². The van der Waals surface area contributed by atoms with E-state index in [4.69, 9.17) is 11.6 Å². The van der Waals surface area contributed by atoms with Gasteiger partial charge in [-0.05, 0) is 31.2 Å². The van der Waals surface area contributed by atoms with Gasteiger partial charge < -0.3 is 10.2 Å². The molecule has 3 heterocycles. The van der Waals surface area contributed by atoms with Crippen molar-refractivity contribution in [3.05, 3.63) is 59.1 Å². The molecule has 1 aliphatic heterocycles. The van der Waals surface area contributed by atoms with E-state index in [1.54, 1.807) is 29.2 Å². The molecule has 2 N–H and O–H groups in total. The van der Waals surface area contributed by atoms with E-state index in [2.05, 4.69) is 20.0 Å². The van der Waals surface area contributed by atoms with Gasteiger partial charge in [-0.2, -0.15) is 0 Å². The van der Waals surface area contributed by atoms with Gasteiger partial charge in [-0.15, -0.1) is 0 Å². The average molecular weight is 479 g/mol. The molecule has 12 heteroatoms. The van der Waals surface area contributed by atoms with Crippen LogP contribution >= 0.6 is 11.6 Å². The van der Waals surface area contributed by atoms with Gasteiger partial charge in [0.1, 0.15) is 6.17 Å². The Labute approximate surface area is 189 Å². The molecule has 1 saturated heterocycles. The number of carbonyl (C=O) groups excluding carboxylic acids is 1. The van der Waals surface area contributed by atoms with Gasteiger partial charge in [0.2, 0.25) is 16.0 Å². The molecule has 0 aliphatic carbocycles. The normalized spacial score (nSPS) is 14.2. The maximum Gasteiger partial charge on any atom is 0.257 e. The molecule has 4 rings (SSSR count). The maximum absolute atomic E-state index is 13.0. The number of aromatic nitrogens is 3. The second kappa shape index (κ2) is 8.40. The Bertz CT molecular complexity index is 1270. The van der Waals surface area contributed by atoms with Crippen LogP contribution in [0.1, 0.15) is 16.1 Å². The lowest BCUT2D eigenvalue weighted by Crippen LogP contribution is -2.48. The summed E-state index contributed by atoms with van der Waals surface area (Å²) < 4.78 is 40.0. The van der Waals surface area contributed by atoms with E-state index in [-0.39, 0.29) is 10.7 Å². The minimum Gasteiger partial charge on any atom is -0.363 e. The Morgan fingerprint density at radius 3 is 2.44 bits per heavy atom. The zero-order chi connectivity index (χ0) is 23.0. The average Bonchev–Trinajstić information content (AvgIpc) is 3.06. The molecule has 0 atom stereocenters. The molecule has 3 aromatic rings. The summed E-state index contributed by atoms with van der Waals surface area (Å²) in [5.41, 5.74) is 2.40. The van der Waals surface area contributed by atoms with Gasteiger partial charge in [-0.3, -0.25) is 14.1 Å². The molecule has 1 amide bonds. The first-order valence-electron chi connectivity index (χ1n) is 9.57. The van der Waals surface area contributed by atoms with E-state index in [0.29, 0.717) is 30.3 Å². The van der Waals surface area contributed by atoms with Crippen LogP contribution in [0.15, 0.2) is 42.9 Å². The molecular formula is C20H20ClFN6O3S. The number of sulfonamides is 1. The predicted octanol–water partition coefficient (Wildman–Crippen LogP) is 3.01. The van der Waals surface area contributed by atoms with E-state index in [1.807, 2.05) is 11.8 Å². The highest BCUT2D eigenvalue weighted by molar-refractivity contribution is 7.92. The number of nitrogens with zero attached hydrogens (tertiary/aromatic N) is 4. The number of halogens is 2. The summed E-state index contributed by atoms with van der Waals surface area (Å²) in [6, 6.07) is 6.09. The SMILES string of the molecule is Cc1cc(C(=O)Nc2cc(Cl)cc(NS(C)(=O)=O)c2)cn1-c1ncc(N2CC(F)C2)cn1. The predicted molar refractivity (Wildman–Crippen MR) is 121 cm³/mol. The third-order valence-electron chi connectivity index (χ3n) is 4.78.